The van der Waals surface area contributed by atoms with E-state index in [1.54, 1.807) is 0 Å². The maximum atomic E-state index is 6.65. The Morgan fingerprint density at radius 3 is 1.79 bits per heavy atom. The molecule has 11 rings (SSSR count). The standard InChI is InChI=1S/C51H32O/c1-4-14-33(15-5-1)38-22-12-24-43-41(38)30-31-44-42-28-27-35(32-46(42)51(49(43)44,36-17-6-2-7-18-36)37-19-8-3-9-20-37)39-23-13-25-47-48(39)45-29-26-34-16-10-11-21-40(34)50(45)52-47/h1-32H. The third-order valence-corrected chi connectivity index (χ3v) is 11.3. The van der Waals surface area contributed by atoms with Crippen LogP contribution in [0.1, 0.15) is 22.3 Å². The number of hydrogen-bond acceptors (Lipinski definition) is 1. The van der Waals surface area contributed by atoms with Gasteiger partial charge in [0, 0.05) is 16.2 Å². The Morgan fingerprint density at radius 2 is 1.00 bits per heavy atom. The molecule has 0 fully saturated rings. The third-order valence-electron chi connectivity index (χ3n) is 11.3. The van der Waals surface area contributed by atoms with Gasteiger partial charge in [0.05, 0.1) is 5.41 Å². The molecule has 1 nitrogen and oxygen atoms in total. The second-order valence-corrected chi connectivity index (χ2v) is 13.9. The highest BCUT2D eigenvalue weighted by Crippen LogP contribution is 2.59. The van der Waals surface area contributed by atoms with Crippen LogP contribution in [0.4, 0.5) is 0 Å². The van der Waals surface area contributed by atoms with Gasteiger partial charge in [-0.3, -0.25) is 0 Å². The van der Waals surface area contributed by atoms with Crippen molar-refractivity contribution in [2.75, 3.05) is 0 Å². The Labute approximate surface area is 302 Å². The van der Waals surface area contributed by atoms with Crippen molar-refractivity contribution in [2.45, 2.75) is 5.41 Å². The van der Waals surface area contributed by atoms with Crippen molar-refractivity contribution in [3.63, 3.8) is 0 Å². The lowest BCUT2D eigenvalue weighted by Gasteiger charge is -2.35. The average molecular weight is 661 g/mol. The fraction of sp³-hybridized carbons (Fsp3) is 0.0196. The van der Waals surface area contributed by atoms with Crippen molar-refractivity contribution in [2.24, 2.45) is 0 Å². The minimum Gasteiger partial charge on any atom is -0.455 e. The van der Waals surface area contributed by atoms with E-state index in [2.05, 4.69) is 194 Å². The molecule has 0 saturated carbocycles. The highest BCUT2D eigenvalue weighted by molar-refractivity contribution is 6.19. The Bertz CT molecular complexity index is 2950. The molecule has 0 bridgehead atoms. The van der Waals surface area contributed by atoms with Crippen LogP contribution in [-0.2, 0) is 5.41 Å². The van der Waals surface area contributed by atoms with E-state index in [1.165, 1.54) is 71.8 Å². The summed E-state index contributed by atoms with van der Waals surface area (Å²) in [7, 11) is 0. The summed E-state index contributed by atoms with van der Waals surface area (Å²) in [6, 6.07) is 71.1. The quantitative estimate of drug-likeness (QED) is 0.183. The molecule has 9 aromatic carbocycles. The van der Waals surface area contributed by atoms with E-state index in [-0.39, 0.29) is 0 Å². The van der Waals surface area contributed by atoms with Crippen LogP contribution < -0.4 is 0 Å². The van der Waals surface area contributed by atoms with Gasteiger partial charge in [-0.15, -0.1) is 0 Å². The SMILES string of the molecule is c1ccc(-c2cccc3c4c(ccc23)-c2ccc(-c3cccc5oc6c7ccccc7ccc6c35)cc2C4(c2ccccc2)c2ccccc2)cc1. The van der Waals surface area contributed by atoms with Gasteiger partial charge < -0.3 is 4.42 Å². The summed E-state index contributed by atoms with van der Waals surface area (Å²) in [5, 5.41) is 7.16. The summed E-state index contributed by atoms with van der Waals surface area (Å²) in [6.07, 6.45) is 0. The lowest BCUT2D eigenvalue weighted by Crippen LogP contribution is -2.29. The molecular weight excluding hydrogens is 629 g/mol. The van der Waals surface area contributed by atoms with Crippen LogP contribution in [0.2, 0.25) is 0 Å². The predicted molar refractivity (Wildman–Crippen MR) is 217 cm³/mol. The van der Waals surface area contributed by atoms with Gasteiger partial charge in [-0.2, -0.15) is 0 Å². The summed E-state index contributed by atoms with van der Waals surface area (Å²) in [6.45, 7) is 0. The van der Waals surface area contributed by atoms with Crippen LogP contribution in [0.15, 0.2) is 199 Å². The molecule has 52 heavy (non-hydrogen) atoms. The molecule has 0 N–H and O–H groups in total. The van der Waals surface area contributed by atoms with Gasteiger partial charge in [-0.25, -0.2) is 0 Å². The van der Waals surface area contributed by atoms with E-state index < -0.39 is 5.41 Å². The predicted octanol–water partition coefficient (Wildman–Crippen LogP) is 13.6. The molecule has 0 aliphatic heterocycles. The zero-order valence-electron chi connectivity index (χ0n) is 28.4. The van der Waals surface area contributed by atoms with E-state index in [0.717, 1.165) is 27.3 Å². The van der Waals surface area contributed by atoms with Crippen LogP contribution in [0.25, 0.3) is 76.9 Å². The normalized spacial score (nSPS) is 13.2. The molecular formula is C51H32O. The van der Waals surface area contributed by atoms with Crippen molar-refractivity contribution < 1.29 is 4.42 Å². The number of furan rings is 1. The van der Waals surface area contributed by atoms with E-state index in [0.29, 0.717) is 0 Å². The van der Waals surface area contributed by atoms with Gasteiger partial charge in [0.1, 0.15) is 11.2 Å². The lowest BCUT2D eigenvalue weighted by molar-refractivity contribution is 0.673. The van der Waals surface area contributed by atoms with Crippen molar-refractivity contribution in [1.82, 2.24) is 0 Å². The molecule has 242 valence electrons. The second kappa shape index (κ2) is 11.2. The summed E-state index contributed by atoms with van der Waals surface area (Å²) < 4.78 is 6.65. The van der Waals surface area contributed by atoms with Gasteiger partial charge in [0.25, 0.3) is 0 Å². The molecule has 1 heterocycles. The van der Waals surface area contributed by atoms with Crippen molar-refractivity contribution >= 4 is 43.5 Å². The monoisotopic (exact) mass is 660 g/mol. The Hall–Kier alpha value is -6.70. The molecule has 0 unspecified atom stereocenters. The molecule has 1 aliphatic carbocycles. The third kappa shape index (κ3) is 3.99. The average Bonchev–Trinajstić information content (AvgIpc) is 3.76. The van der Waals surface area contributed by atoms with Gasteiger partial charge >= 0.3 is 0 Å². The first-order valence-electron chi connectivity index (χ1n) is 18.0. The molecule has 1 aromatic heterocycles. The molecule has 0 spiro atoms. The van der Waals surface area contributed by atoms with E-state index in [9.17, 15) is 0 Å². The molecule has 10 aromatic rings. The molecule has 1 aliphatic rings. The fourth-order valence-corrected chi connectivity index (χ4v) is 9.18. The smallest absolute Gasteiger partial charge is 0.143 e. The molecule has 0 atom stereocenters. The first-order chi connectivity index (χ1) is 25.8. The zero-order chi connectivity index (χ0) is 34.2. The van der Waals surface area contributed by atoms with E-state index in [4.69, 9.17) is 4.42 Å². The first-order valence-corrected chi connectivity index (χ1v) is 18.0. The zero-order valence-corrected chi connectivity index (χ0v) is 28.4. The van der Waals surface area contributed by atoms with Gasteiger partial charge in [0.2, 0.25) is 0 Å². The van der Waals surface area contributed by atoms with Crippen molar-refractivity contribution in [3.8, 4) is 33.4 Å². The maximum Gasteiger partial charge on any atom is 0.143 e. The van der Waals surface area contributed by atoms with Crippen molar-refractivity contribution in [1.29, 1.82) is 0 Å². The van der Waals surface area contributed by atoms with Crippen LogP contribution in [0.5, 0.6) is 0 Å². The molecule has 0 saturated heterocycles. The number of benzene rings is 9. The fourth-order valence-electron chi connectivity index (χ4n) is 9.18. The largest absolute Gasteiger partial charge is 0.455 e. The van der Waals surface area contributed by atoms with Gasteiger partial charge in [0.15, 0.2) is 0 Å². The van der Waals surface area contributed by atoms with Crippen LogP contribution in [-0.4, -0.2) is 0 Å². The summed E-state index contributed by atoms with van der Waals surface area (Å²) >= 11 is 0. The minimum atomic E-state index is -0.555. The molecule has 0 amide bonds. The van der Waals surface area contributed by atoms with Gasteiger partial charge in [-0.05, 0) is 90.0 Å². The second-order valence-electron chi connectivity index (χ2n) is 13.9. The van der Waals surface area contributed by atoms with E-state index >= 15 is 0 Å². The maximum absolute atomic E-state index is 6.65. The minimum absolute atomic E-state index is 0.555. The van der Waals surface area contributed by atoms with E-state index in [1.807, 2.05) is 0 Å². The van der Waals surface area contributed by atoms with Gasteiger partial charge in [-0.1, -0.05) is 176 Å². The van der Waals surface area contributed by atoms with Crippen LogP contribution in [0.3, 0.4) is 0 Å². The Balaban J connectivity index is 1.24. The Morgan fingerprint density at radius 1 is 0.365 bits per heavy atom. The molecule has 1 heteroatoms. The number of fused-ring (bicyclic) bond motifs is 10. The summed E-state index contributed by atoms with van der Waals surface area (Å²) in [5.74, 6) is 0. The van der Waals surface area contributed by atoms with Crippen LogP contribution >= 0.6 is 0 Å². The Kier molecular flexibility index (Phi) is 6.23. The highest BCUT2D eigenvalue weighted by atomic mass is 16.3. The lowest BCUT2D eigenvalue weighted by atomic mass is 9.66. The first kappa shape index (κ1) is 29.1. The molecule has 0 radical (unpaired) electrons. The summed E-state index contributed by atoms with van der Waals surface area (Å²) in [5.41, 5.74) is 13.8. The summed E-state index contributed by atoms with van der Waals surface area (Å²) in [4.78, 5) is 0. The topological polar surface area (TPSA) is 13.1 Å². The highest BCUT2D eigenvalue weighted by Gasteiger charge is 2.47. The number of hydrogen-bond donors (Lipinski definition) is 0. The van der Waals surface area contributed by atoms with Crippen molar-refractivity contribution in [3.05, 3.63) is 216 Å². The van der Waals surface area contributed by atoms with Crippen LogP contribution in [0, 0.1) is 0 Å². The number of rotatable bonds is 4.